The molecule has 0 radical (unpaired) electrons. The van der Waals surface area contributed by atoms with Gasteiger partial charge in [0.1, 0.15) is 17.3 Å². The van der Waals surface area contributed by atoms with E-state index in [-0.39, 0.29) is 22.7 Å². The molecule has 0 saturated carbocycles. The topological polar surface area (TPSA) is 90.4 Å². The third-order valence-electron chi connectivity index (χ3n) is 4.71. The van der Waals surface area contributed by atoms with Crippen molar-refractivity contribution in [3.8, 4) is 17.0 Å². The number of aryl methyl sites for hydroxylation is 3. The molecule has 166 valence electrons. The second-order valence-corrected chi connectivity index (χ2v) is 7.18. The Kier molecular flexibility index (Phi) is 5.37. The largest absolute Gasteiger partial charge is 0.482 e. The van der Waals surface area contributed by atoms with Crippen molar-refractivity contribution in [2.45, 2.75) is 26.9 Å². The second kappa shape index (κ2) is 8.03. The van der Waals surface area contributed by atoms with Gasteiger partial charge in [-0.2, -0.15) is 13.2 Å². The van der Waals surface area contributed by atoms with Crippen LogP contribution in [0.1, 0.15) is 27.6 Å². The van der Waals surface area contributed by atoms with E-state index in [0.717, 1.165) is 0 Å². The number of rotatable bonds is 5. The standard InChI is InChI=1S/C22H18F3N3O4/c1-11-8-14(13(3)31-11)17-9-15(19-12(2)28-32-21(19)27-17)20(29)26-16-6-4-5-7-18(16)30-10-22(23,24)25/h4-9H,10H2,1-3H3,(H,26,29). The van der Waals surface area contributed by atoms with Crippen LogP contribution in [0.2, 0.25) is 0 Å². The van der Waals surface area contributed by atoms with Gasteiger partial charge in [-0.15, -0.1) is 0 Å². The number of ether oxygens (including phenoxy) is 1. The number of para-hydroxylation sites is 2. The molecule has 0 aliphatic rings. The average Bonchev–Trinajstić information content (AvgIpc) is 3.27. The molecule has 1 amide bonds. The quantitative estimate of drug-likeness (QED) is 0.430. The number of anilines is 1. The van der Waals surface area contributed by atoms with Crippen LogP contribution < -0.4 is 10.1 Å². The fourth-order valence-corrected chi connectivity index (χ4v) is 3.34. The smallest absolute Gasteiger partial charge is 0.422 e. The molecule has 4 rings (SSSR count). The number of benzene rings is 1. The lowest BCUT2D eigenvalue weighted by Gasteiger charge is -2.14. The van der Waals surface area contributed by atoms with E-state index < -0.39 is 18.7 Å². The number of amides is 1. The number of nitrogens with one attached hydrogen (secondary N) is 1. The molecule has 1 N–H and O–H groups in total. The second-order valence-electron chi connectivity index (χ2n) is 7.18. The van der Waals surface area contributed by atoms with Crippen molar-refractivity contribution in [2.75, 3.05) is 11.9 Å². The SMILES string of the molecule is Cc1cc(-c2cc(C(=O)Nc3ccccc3OCC(F)(F)F)c3c(C)noc3n2)c(C)o1. The lowest BCUT2D eigenvalue weighted by atomic mass is 10.1. The minimum Gasteiger partial charge on any atom is -0.482 e. The van der Waals surface area contributed by atoms with Crippen LogP contribution in [0, 0.1) is 20.8 Å². The highest BCUT2D eigenvalue weighted by atomic mass is 19.4. The summed E-state index contributed by atoms with van der Waals surface area (Å²) in [7, 11) is 0. The summed E-state index contributed by atoms with van der Waals surface area (Å²) >= 11 is 0. The number of nitrogens with zero attached hydrogens (tertiary/aromatic N) is 2. The Balaban J connectivity index is 1.73. The van der Waals surface area contributed by atoms with Gasteiger partial charge in [0.15, 0.2) is 6.61 Å². The molecule has 0 spiro atoms. The maximum Gasteiger partial charge on any atom is 0.422 e. The zero-order chi connectivity index (χ0) is 23.0. The number of carbonyl (C=O) groups excluding carboxylic acids is 1. The fourth-order valence-electron chi connectivity index (χ4n) is 3.34. The van der Waals surface area contributed by atoms with E-state index in [0.29, 0.717) is 33.9 Å². The first kappa shape index (κ1) is 21.4. The highest BCUT2D eigenvalue weighted by molar-refractivity contribution is 6.13. The highest BCUT2D eigenvalue weighted by Crippen LogP contribution is 2.32. The number of halogens is 3. The predicted octanol–water partition coefficient (Wildman–Crippen LogP) is 5.60. The van der Waals surface area contributed by atoms with Gasteiger partial charge >= 0.3 is 6.18 Å². The minimum atomic E-state index is -4.51. The fraction of sp³-hybridized carbons (Fsp3) is 0.227. The van der Waals surface area contributed by atoms with Crippen molar-refractivity contribution in [3.63, 3.8) is 0 Å². The predicted molar refractivity (Wildman–Crippen MR) is 110 cm³/mol. The monoisotopic (exact) mass is 445 g/mol. The number of alkyl halides is 3. The summed E-state index contributed by atoms with van der Waals surface area (Å²) in [5.41, 5.74) is 2.03. The molecule has 3 heterocycles. The lowest BCUT2D eigenvalue weighted by Crippen LogP contribution is -2.20. The highest BCUT2D eigenvalue weighted by Gasteiger charge is 2.29. The molecule has 0 fully saturated rings. The van der Waals surface area contributed by atoms with Gasteiger partial charge < -0.3 is 19.0 Å². The van der Waals surface area contributed by atoms with Crippen LogP contribution in [-0.2, 0) is 0 Å². The minimum absolute atomic E-state index is 0.0951. The van der Waals surface area contributed by atoms with Crippen LogP contribution in [0.25, 0.3) is 22.4 Å². The number of hydrogen-bond acceptors (Lipinski definition) is 6. The summed E-state index contributed by atoms with van der Waals surface area (Å²) in [5, 5.41) is 6.91. The third-order valence-corrected chi connectivity index (χ3v) is 4.71. The van der Waals surface area contributed by atoms with Crippen LogP contribution in [-0.4, -0.2) is 28.8 Å². The molecule has 0 aliphatic carbocycles. The Labute approximate surface area is 180 Å². The molecule has 0 aliphatic heterocycles. The number of pyridine rings is 1. The van der Waals surface area contributed by atoms with Crippen molar-refractivity contribution in [2.24, 2.45) is 0 Å². The first-order valence-corrected chi connectivity index (χ1v) is 9.57. The third kappa shape index (κ3) is 4.29. The first-order chi connectivity index (χ1) is 15.1. The van der Waals surface area contributed by atoms with Gasteiger partial charge in [0.2, 0.25) is 0 Å². The first-order valence-electron chi connectivity index (χ1n) is 9.57. The molecule has 10 heteroatoms. The zero-order valence-corrected chi connectivity index (χ0v) is 17.3. The molecule has 32 heavy (non-hydrogen) atoms. The maximum absolute atomic E-state index is 13.2. The van der Waals surface area contributed by atoms with Crippen LogP contribution in [0.4, 0.5) is 18.9 Å². The number of furan rings is 1. The van der Waals surface area contributed by atoms with Crippen LogP contribution in [0.5, 0.6) is 5.75 Å². The number of aromatic nitrogens is 2. The molecule has 1 aromatic carbocycles. The van der Waals surface area contributed by atoms with Gasteiger partial charge in [0, 0.05) is 5.56 Å². The van der Waals surface area contributed by atoms with E-state index in [4.69, 9.17) is 13.7 Å². The maximum atomic E-state index is 13.2. The van der Waals surface area contributed by atoms with Crippen molar-refractivity contribution in [3.05, 3.63) is 59.2 Å². The molecule has 7 nitrogen and oxygen atoms in total. The summed E-state index contributed by atoms with van der Waals surface area (Å²) in [6.45, 7) is 3.75. The Bertz CT molecular complexity index is 1310. The molecule has 0 unspecified atom stereocenters. The number of carbonyl (C=O) groups is 1. The Morgan fingerprint density at radius 2 is 1.91 bits per heavy atom. The van der Waals surface area contributed by atoms with E-state index in [2.05, 4.69) is 15.5 Å². The number of hydrogen-bond donors (Lipinski definition) is 1. The summed E-state index contributed by atoms with van der Waals surface area (Å²) in [5.74, 6) is 0.607. The number of fused-ring (bicyclic) bond motifs is 1. The van der Waals surface area contributed by atoms with Gasteiger partial charge in [-0.1, -0.05) is 17.3 Å². The van der Waals surface area contributed by atoms with E-state index in [9.17, 15) is 18.0 Å². The molecule has 0 bridgehead atoms. The van der Waals surface area contributed by atoms with E-state index >= 15 is 0 Å². The summed E-state index contributed by atoms with van der Waals surface area (Å²) < 4.78 is 53.4. The summed E-state index contributed by atoms with van der Waals surface area (Å²) in [6.07, 6.45) is -4.51. The van der Waals surface area contributed by atoms with Gasteiger partial charge in [0.25, 0.3) is 11.6 Å². The molecular formula is C22H18F3N3O4. The van der Waals surface area contributed by atoms with Crippen molar-refractivity contribution in [1.29, 1.82) is 0 Å². The average molecular weight is 445 g/mol. The van der Waals surface area contributed by atoms with Crippen LogP contribution in [0.15, 0.2) is 45.3 Å². The molecular weight excluding hydrogens is 427 g/mol. The molecule has 3 aromatic heterocycles. The van der Waals surface area contributed by atoms with Crippen LogP contribution in [0.3, 0.4) is 0 Å². The van der Waals surface area contributed by atoms with Gasteiger partial charge in [-0.3, -0.25) is 4.79 Å². The lowest BCUT2D eigenvalue weighted by molar-refractivity contribution is -0.153. The Morgan fingerprint density at radius 1 is 1.16 bits per heavy atom. The van der Waals surface area contributed by atoms with Gasteiger partial charge in [-0.25, -0.2) is 4.98 Å². The summed E-state index contributed by atoms with van der Waals surface area (Å²) in [4.78, 5) is 17.6. The van der Waals surface area contributed by atoms with Gasteiger partial charge in [-0.05, 0) is 45.0 Å². The zero-order valence-electron chi connectivity index (χ0n) is 17.3. The Morgan fingerprint density at radius 3 is 2.59 bits per heavy atom. The van der Waals surface area contributed by atoms with E-state index in [1.165, 1.54) is 18.2 Å². The van der Waals surface area contributed by atoms with Crippen molar-refractivity contribution < 1.29 is 31.6 Å². The Hall–Kier alpha value is -3.82. The van der Waals surface area contributed by atoms with E-state index in [1.54, 1.807) is 39.0 Å². The summed E-state index contributed by atoms with van der Waals surface area (Å²) in [6, 6.07) is 9.24. The molecule has 4 aromatic rings. The van der Waals surface area contributed by atoms with Gasteiger partial charge in [0.05, 0.1) is 28.0 Å². The molecule has 0 saturated heterocycles. The van der Waals surface area contributed by atoms with Crippen molar-refractivity contribution in [1.82, 2.24) is 10.1 Å². The molecule has 0 atom stereocenters. The van der Waals surface area contributed by atoms with Crippen molar-refractivity contribution >= 4 is 22.7 Å². The van der Waals surface area contributed by atoms with Crippen LogP contribution >= 0.6 is 0 Å². The van der Waals surface area contributed by atoms with E-state index in [1.807, 2.05) is 0 Å². The normalized spacial score (nSPS) is 11.7.